The largest absolute Gasteiger partial charge is 0.493 e. The van der Waals surface area contributed by atoms with Crippen molar-refractivity contribution in [1.82, 2.24) is 0 Å². The highest BCUT2D eigenvalue weighted by molar-refractivity contribution is 6.04. The zero-order valence-electron chi connectivity index (χ0n) is 18.9. The van der Waals surface area contributed by atoms with Gasteiger partial charge in [-0.1, -0.05) is 42.5 Å². The zero-order chi connectivity index (χ0) is 23.5. The maximum absolute atomic E-state index is 13.6. The number of nitrogens with two attached hydrogens (primary N) is 1. The molecule has 0 fully saturated rings. The average Bonchev–Trinajstić information content (AvgIpc) is 2.83. The van der Waals surface area contributed by atoms with E-state index in [1.54, 1.807) is 25.1 Å². The normalized spacial score (nSPS) is 20.2. The van der Waals surface area contributed by atoms with Crippen molar-refractivity contribution >= 4 is 11.8 Å². The second-order valence-corrected chi connectivity index (χ2v) is 7.89. The van der Waals surface area contributed by atoms with Crippen molar-refractivity contribution in [2.75, 3.05) is 20.8 Å². The van der Waals surface area contributed by atoms with Gasteiger partial charge in [0.15, 0.2) is 17.3 Å². The second kappa shape index (κ2) is 9.40. The SMILES string of the molecule is CCOC(=O)C1=C(N)OC2=C(C(=O)C[C@@H](c3ccccc3)C2)[C@H]1c1cccc(OC)c1OC. The van der Waals surface area contributed by atoms with Crippen LogP contribution in [0.3, 0.4) is 0 Å². The van der Waals surface area contributed by atoms with Gasteiger partial charge in [0.1, 0.15) is 11.3 Å². The number of carbonyl (C=O) groups excluding carboxylic acids is 2. The molecular formula is C26H27NO6. The summed E-state index contributed by atoms with van der Waals surface area (Å²) < 4.78 is 22.3. The number of methoxy groups -OCH3 is 2. The molecule has 0 amide bonds. The van der Waals surface area contributed by atoms with Gasteiger partial charge in [-0.2, -0.15) is 0 Å². The van der Waals surface area contributed by atoms with E-state index in [1.807, 2.05) is 30.3 Å². The van der Waals surface area contributed by atoms with Crippen LogP contribution in [-0.4, -0.2) is 32.6 Å². The summed E-state index contributed by atoms with van der Waals surface area (Å²) in [5.74, 6) is -0.251. The molecule has 172 valence electrons. The minimum absolute atomic E-state index is 0.0396. The molecule has 2 aromatic carbocycles. The lowest BCUT2D eigenvalue weighted by molar-refractivity contribution is -0.139. The molecule has 0 aromatic heterocycles. The van der Waals surface area contributed by atoms with E-state index in [0.717, 1.165) is 5.56 Å². The number of esters is 1. The van der Waals surface area contributed by atoms with Gasteiger partial charge in [0, 0.05) is 24.0 Å². The fourth-order valence-corrected chi connectivity index (χ4v) is 4.63. The lowest BCUT2D eigenvalue weighted by Crippen LogP contribution is -2.33. The van der Waals surface area contributed by atoms with Crippen LogP contribution in [0.5, 0.6) is 11.5 Å². The molecule has 7 nitrogen and oxygen atoms in total. The molecule has 33 heavy (non-hydrogen) atoms. The highest BCUT2D eigenvalue weighted by Gasteiger charge is 2.44. The molecule has 2 aromatic rings. The molecule has 0 saturated carbocycles. The van der Waals surface area contributed by atoms with E-state index < -0.39 is 11.9 Å². The topological polar surface area (TPSA) is 97.1 Å². The van der Waals surface area contributed by atoms with Gasteiger partial charge in [-0.3, -0.25) is 4.79 Å². The van der Waals surface area contributed by atoms with Gasteiger partial charge in [-0.25, -0.2) is 4.79 Å². The van der Waals surface area contributed by atoms with Crippen molar-refractivity contribution in [2.24, 2.45) is 5.73 Å². The number of rotatable bonds is 6. The maximum atomic E-state index is 13.6. The average molecular weight is 450 g/mol. The Morgan fingerprint density at radius 1 is 1.06 bits per heavy atom. The third-order valence-electron chi connectivity index (χ3n) is 6.05. The summed E-state index contributed by atoms with van der Waals surface area (Å²) in [6.07, 6.45) is 0.787. The molecular weight excluding hydrogens is 422 g/mol. The standard InChI is InChI=1S/C26H27NO6/c1-4-32-26(29)23-21(17-11-8-12-19(30-2)24(17)31-3)22-18(28)13-16(14-20(22)33-25(23)27)15-9-6-5-7-10-15/h5-12,16,21H,4,13-14,27H2,1-3H3/t16-,21-/m1/s1. The van der Waals surface area contributed by atoms with Gasteiger partial charge in [-0.05, 0) is 24.5 Å². The number of para-hydroxylation sites is 1. The molecule has 2 atom stereocenters. The summed E-state index contributed by atoms with van der Waals surface area (Å²) in [4.78, 5) is 26.5. The van der Waals surface area contributed by atoms with E-state index >= 15 is 0 Å². The van der Waals surface area contributed by atoms with Gasteiger partial charge in [0.2, 0.25) is 5.88 Å². The van der Waals surface area contributed by atoms with Gasteiger partial charge in [-0.15, -0.1) is 0 Å². The molecule has 1 aliphatic carbocycles. The molecule has 0 saturated heterocycles. The highest BCUT2D eigenvalue weighted by Crippen LogP contribution is 2.50. The monoisotopic (exact) mass is 449 g/mol. The van der Waals surface area contributed by atoms with Gasteiger partial charge >= 0.3 is 5.97 Å². The quantitative estimate of drug-likeness (QED) is 0.667. The van der Waals surface area contributed by atoms with Crippen LogP contribution in [0.2, 0.25) is 0 Å². The summed E-state index contributed by atoms with van der Waals surface area (Å²) >= 11 is 0. The number of ketones is 1. The number of benzene rings is 2. The Kier molecular flexibility index (Phi) is 6.40. The summed E-state index contributed by atoms with van der Waals surface area (Å²) in [5, 5.41) is 0. The Morgan fingerprint density at radius 3 is 2.48 bits per heavy atom. The van der Waals surface area contributed by atoms with Crippen LogP contribution in [0, 0.1) is 0 Å². The Morgan fingerprint density at radius 2 is 1.82 bits per heavy atom. The van der Waals surface area contributed by atoms with Gasteiger partial charge in [0.05, 0.1) is 26.7 Å². The molecule has 0 unspecified atom stereocenters. The molecule has 0 spiro atoms. The maximum Gasteiger partial charge on any atom is 0.340 e. The van der Waals surface area contributed by atoms with Crippen molar-refractivity contribution in [3.63, 3.8) is 0 Å². The van der Waals surface area contributed by atoms with Crippen LogP contribution in [0.4, 0.5) is 0 Å². The smallest absolute Gasteiger partial charge is 0.340 e. The number of Topliss-reactive ketones (excluding diaryl/α,β-unsaturated/α-hetero) is 1. The third-order valence-corrected chi connectivity index (χ3v) is 6.05. The van der Waals surface area contributed by atoms with E-state index in [-0.39, 0.29) is 29.8 Å². The Hall–Kier alpha value is -3.74. The van der Waals surface area contributed by atoms with E-state index in [0.29, 0.717) is 41.2 Å². The van der Waals surface area contributed by atoms with Crippen LogP contribution >= 0.6 is 0 Å². The first-order valence-corrected chi connectivity index (χ1v) is 10.9. The number of carbonyl (C=O) groups is 2. The van der Waals surface area contributed by atoms with Crippen molar-refractivity contribution in [3.8, 4) is 11.5 Å². The van der Waals surface area contributed by atoms with Crippen LogP contribution in [0.15, 0.2) is 71.3 Å². The number of allylic oxidation sites excluding steroid dienone is 2. The van der Waals surface area contributed by atoms with E-state index in [2.05, 4.69) is 0 Å². The second-order valence-electron chi connectivity index (χ2n) is 7.89. The number of hydrogen-bond donors (Lipinski definition) is 1. The molecule has 0 radical (unpaired) electrons. The first kappa shape index (κ1) is 22.5. The van der Waals surface area contributed by atoms with Crippen LogP contribution in [-0.2, 0) is 19.1 Å². The summed E-state index contributed by atoms with van der Waals surface area (Å²) in [5.41, 5.74) is 8.41. The number of ether oxygens (including phenoxy) is 4. The van der Waals surface area contributed by atoms with Gasteiger partial charge in [0.25, 0.3) is 0 Å². The summed E-state index contributed by atoms with van der Waals surface area (Å²) in [6.45, 7) is 1.87. The molecule has 2 N–H and O–H groups in total. The molecule has 1 heterocycles. The molecule has 2 aliphatic rings. The minimum Gasteiger partial charge on any atom is -0.493 e. The fraction of sp³-hybridized carbons (Fsp3) is 0.308. The van der Waals surface area contributed by atoms with Crippen molar-refractivity contribution in [1.29, 1.82) is 0 Å². The van der Waals surface area contributed by atoms with E-state index in [9.17, 15) is 9.59 Å². The van der Waals surface area contributed by atoms with Crippen LogP contribution in [0.25, 0.3) is 0 Å². The molecule has 4 rings (SSSR count). The first-order chi connectivity index (χ1) is 16.0. The van der Waals surface area contributed by atoms with Crippen molar-refractivity contribution in [3.05, 3.63) is 82.4 Å². The fourth-order valence-electron chi connectivity index (χ4n) is 4.63. The van der Waals surface area contributed by atoms with E-state index in [1.165, 1.54) is 14.2 Å². The van der Waals surface area contributed by atoms with Crippen LogP contribution in [0.1, 0.15) is 42.7 Å². The third kappa shape index (κ3) is 4.06. The summed E-state index contributed by atoms with van der Waals surface area (Å²) in [6, 6.07) is 15.2. The Balaban J connectivity index is 1.88. The highest BCUT2D eigenvalue weighted by atomic mass is 16.5. The number of hydrogen-bond acceptors (Lipinski definition) is 7. The Bertz CT molecular complexity index is 1130. The van der Waals surface area contributed by atoms with Crippen molar-refractivity contribution in [2.45, 2.75) is 31.6 Å². The molecule has 7 heteroatoms. The molecule has 0 bridgehead atoms. The Labute approximate surface area is 192 Å². The van der Waals surface area contributed by atoms with E-state index in [4.69, 9.17) is 24.7 Å². The zero-order valence-corrected chi connectivity index (χ0v) is 18.9. The first-order valence-electron chi connectivity index (χ1n) is 10.9. The predicted molar refractivity (Wildman–Crippen MR) is 122 cm³/mol. The lowest BCUT2D eigenvalue weighted by Gasteiger charge is -2.35. The molecule has 1 aliphatic heterocycles. The van der Waals surface area contributed by atoms with Crippen LogP contribution < -0.4 is 15.2 Å². The van der Waals surface area contributed by atoms with Crippen molar-refractivity contribution < 1.29 is 28.5 Å². The lowest BCUT2D eigenvalue weighted by atomic mass is 9.73. The predicted octanol–water partition coefficient (Wildman–Crippen LogP) is 3.95. The minimum atomic E-state index is -0.790. The van der Waals surface area contributed by atoms with Gasteiger partial charge < -0.3 is 24.7 Å². The summed E-state index contributed by atoms with van der Waals surface area (Å²) in [7, 11) is 3.05.